The number of amides is 1. The maximum atomic E-state index is 11.2. The van der Waals surface area contributed by atoms with Gasteiger partial charge < -0.3 is 14.7 Å². The summed E-state index contributed by atoms with van der Waals surface area (Å²) in [4.78, 5) is 21.6. The molecule has 0 spiro atoms. The van der Waals surface area contributed by atoms with Gasteiger partial charge in [-0.15, -0.1) is 0 Å². The Bertz CT molecular complexity index is 934. The SMILES string of the molecule is Cn1cc(-c2cc3nccn3c(OC3CCCN(C(=O)O)CC3)n2)cn1. The highest BCUT2D eigenvalue weighted by molar-refractivity contribution is 5.65. The molecule has 1 N–H and O–H groups in total. The summed E-state index contributed by atoms with van der Waals surface area (Å²) in [6.45, 7) is 1.01. The highest BCUT2D eigenvalue weighted by atomic mass is 16.5. The molecule has 1 aliphatic rings. The molecule has 3 aromatic heterocycles. The van der Waals surface area contributed by atoms with Crippen LogP contribution in [0, 0.1) is 0 Å². The molecule has 9 heteroatoms. The maximum Gasteiger partial charge on any atom is 0.407 e. The van der Waals surface area contributed by atoms with Crippen LogP contribution in [0.1, 0.15) is 19.3 Å². The zero-order valence-electron chi connectivity index (χ0n) is 14.4. The van der Waals surface area contributed by atoms with E-state index in [0.29, 0.717) is 25.5 Å². The Balaban J connectivity index is 1.61. The summed E-state index contributed by atoms with van der Waals surface area (Å²) in [6, 6.07) is 2.36. The highest BCUT2D eigenvalue weighted by Crippen LogP contribution is 2.24. The van der Waals surface area contributed by atoms with Gasteiger partial charge in [-0.2, -0.15) is 10.1 Å². The first-order valence-corrected chi connectivity index (χ1v) is 8.58. The summed E-state index contributed by atoms with van der Waals surface area (Å²) in [6.07, 6.45) is 8.40. The molecule has 0 aliphatic carbocycles. The topological polar surface area (TPSA) is 97.8 Å². The number of hydrogen-bond donors (Lipinski definition) is 1. The van der Waals surface area contributed by atoms with Crippen LogP contribution in [-0.2, 0) is 7.05 Å². The third kappa shape index (κ3) is 3.19. The minimum absolute atomic E-state index is 0.0819. The molecule has 1 aliphatic heterocycles. The van der Waals surface area contributed by atoms with Crippen molar-refractivity contribution in [1.82, 2.24) is 29.0 Å². The van der Waals surface area contributed by atoms with Crippen LogP contribution in [0.5, 0.6) is 6.01 Å². The minimum Gasteiger partial charge on any atom is -0.465 e. The summed E-state index contributed by atoms with van der Waals surface area (Å²) in [5, 5.41) is 13.4. The molecule has 4 heterocycles. The van der Waals surface area contributed by atoms with Crippen molar-refractivity contribution in [1.29, 1.82) is 0 Å². The molecule has 1 fully saturated rings. The van der Waals surface area contributed by atoms with Gasteiger partial charge in [-0.3, -0.25) is 9.08 Å². The maximum absolute atomic E-state index is 11.2. The molecule has 0 aromatic carbocycles. The molecule has 1 unspecified atom stereocenters. The molecule has 3 aromatic rings. The second-order valence-electron chi connectivity index (χ2n) is 6.42. The number of fused-ring (bicyclic) bond motifs is 1. The first-order valence-electron chi connectivity index (χ1n) is 8.58. The number of imidazole rings is 1. The summed E-state index contributed by atoms with van der Waals surface area (Å²) in [7, 11) is 1.86. The zero-order valence-corrected chi connectivity index (χ0v) is 14.4. The molecule has 1 amide bonds. The van der Waals surface area contributed by atoms with E-state index in [1.165, 1.54) is 4.90 Å². The van der Waals surface area contributed by atoms with E-state index in [4.69, 9.17) is 9.84 Å². The van der Waals surface area contributed by atoms with Crippen LogP contribution in [0.3, 0.4) is 0 Å². The van der Waals surface area contributed by atoms with E-state index in [2.05, 4.69) is 15.1 Å². The van der Waals surface area contributed by atoms with Crippen molar-refractivity contribution in [3.8, 4) is 17.3 Å². The molecular weight excluding hydrogens is 336 g/mol. The number of nitrogens with zero attached hydrogens (tertiary/aromatic N) is 6. The number of carbonyl (C=O) groups is 1. The van der Waals surface area contributed by atoms with Gasteiger partial charge in [0.25, 0.3) is 0 Å². The van der Waals surface area contributed by atoms with E-state index in [1.54, 1.807) is 21.5 Å². The van der Waals surface area contributed by atoms with Crippen LogP contribution in [0.25, 0.3) is 16.9 Å². The van der Waals surface area contributed by atoms with E-state index in [9.17, 15) is 4.79 Å². The normalized spacial score (nSPS) is 18.0. The van der Waals surface area contributed by atoms with Gasteiger partial charge in [-0.25, -0.2) is 9.78 Å². The lowest BCUT2D eigenvalue weighted by Gasteiger charge is -2.18. The fourth-order valence-corrected chi connectivity index (χ4v) is 3.20. The Labute approximate surface area is 149 Å². The van der Waals surface area contributed by atoms with E-state index >= 15 is 0 Å². The molecule has 0 bridgehead atoms. The lowest BCUT2D eigenvalue weighted by molar-refractivity contribution is 0.140. The van der Waals surface area contributed by atoms with E-state index in [0.717, 1.165) is 29.7 Å². The van der Waals surface area contributed by atoms with Crippen molar-refractivity contribution in [2.75, 3.05) is 13.1 Å². The Hall–Kier alpha value is -3.10. The third-order valence-corrected chi connectivity index (χ3v) is 4.58. The number of likely N-dealkylation sites (tertiary alicyclic amines) is 1. The summed E-state index contributed by atoms with van der Waals surface area (Å²) in [5.41, 5.74) is 2.38. The number of ether oxygens (including phenoxy) is 1. The van der Waals surface area contributed by atoms with Gasteiger partial charge in [-0.1, -0.05) is 0 Å². The van der Waals surface area contributed by atoms with Gasteiger partial charge in [0.15, 0.2) is 0 Å². The van der Waals surface area contributed by atoms with Crippen LogP contribution in [0.2, 0.25) is 0 Å². The minimum atomic E-state index is -0.876. The lowest BCUT2D eigenvalue weighted by Crippen LogP contribution is -2.31. The van der Waals surface area contributed by atoms with Crippen LogP contribution >= 0.6 is 0 Å². The van der Waals surface area contributed by atoms with Gasteiger partial charge in [0.05, 0.1) is 11.9 Å². The van der Waals surface area contributed by atoms with Gasteiger partial charge in [-0.05, 0) is 12.8 Å². The molecule has 0 saturated carbocycles. The molecule has 1 saturated heterocycles. The average Bonchev–Trinajstić information content (AvgIpc) is 3.19. The predicted molar refractivity (Wildman–Crippen MR) is 93.1 cm³/mol. The average molecular weight is 356 g/mol. The third-order valence-electron chi connectivity index (χ3n) is 4.58. The van der Waals surface area contributed by atoms with Gasteiger partial charge in [0.2, 0.25) is 0 Å². The monoisotopic (exact) mass is 356 g/mol. The number of rotatable bonds is 3. The smallest absolute Gasteiger partial charge is 0.407 e. The Morgan fingerprint density at radius 1 is 1.35 bits per heavy atom. The van der Waals surface area contributed by atoms with Crippen molar-refractivity contribution in [3.63, 3.8) is 0 Å². The zero-order chi connectivity index (χ0) is 18.1. The molecule has 26 heavy (non-hydrogen) atoms. The standard InChI is InChI=1S/C17H20N6O3/c1-21-11-12(10-19-21)14-9-15-18-5-8-23(15)16(20-14)26-13-3-2-6-22(7-4-13)17(24)25/h5,8-11,13H,2-4,6-7H2,1H3,(H,24,25). The molecule has 4 rings (SSSR count). The van der Waals surface area contributed by atoms with Crippen LogP contribution < -0.4 is 4.74 Å². The number of aromatic nitrogens is 5. The number of aryl methyl sites for hydroxylation is 1. The highest BCUT2D eigenvalue weighted by Gasteiger charge is 2.22. The van der Waals surface area contributed by atoms with Gasteiger partial charge in [0, 0.05) is 56.8 Å². The Morgan fingerprint density at radius 3 is 3.00 bits per heavy atom. The van der Waals surface area contributed by atoms with E-state index in [-0.39, 0.29) is 6.10 Å². The molecule has 0 radical (unpaired) electrons. The lowest BCUT2D eigenvalue weighted by atomic mass is 10.2. The van der Waals surface area contributed by atoms with Crippen LogP contribution in [0.4, 0.5) is 4.79 Å². The van der Waals surface area contributed by atoms with Crippen molar-refractivity contribution in [2.24, 2.45) is 7.05 Å². The summed E-state index contributed by atoms with van der Waals surface area (Å²) in [5.74, 6) is 0. The summed E-state index contributed by atoms with van der Waals surface area (Å²) < 4.78 is 9.70. The second kappa shape index (κ2) is 6.66. The fourth-order valence-electron chi connectivity index (χ4n) is 3.20. The quantitative estimate of drug-likeness (QED) is 0.771. The van der Waals surface area contributed by atoms with Gasteiger partial charge in [0.1, 0.15) is 11.8 Å². The summed E-state index contributed by atoms with van der Waals surface area (Å²) >= 11 is 0. The van der Waals surface area contributed by atoms with Crippen molar-refractivity contribution >= 4 is 11.7 Å². The first kappa shape index (κ1) is 16.4. The van der Waals surface area contributed by atoms with Crippen LogP contribution in [0.15, 0.2) is 30.9 Å². The predicted octanol–water partition coefficient (Wildman–Crippen LogP) is 2.04. The largest absolute Gasteiger partial charge is 0.465 e. The van der Waals surface area contributed by atoms with Gasteiger partial charge >= 0.3 is 12.1 Å². The molecular formula is C17H20N6O3. The second-order valence-corrected chi connectivity index (χ2v) is 6.42. The molecule has 9 nitrogen and oxygen atoms in total. The number of hydrogen-bond acceptors (Lipinski definition) is 5. The first-order chi connectivity index (χ1) is 12.6. The van der Waals surface area contributed by atoms with Crippen LogP contribution in [-0.4, -0.2) is 59.4 Å². The number of carboxylic acid groups (broad SMARTS) is 1. The Morgan fingerprint density at radius 2 is 2.23 bits per heavy atom. The molecule has 1 atom stereocenters. The van der Waals surface area contributed by atoms with Crippen molar-refractivity contribution in [2.45, 2.75) is 25.4 Å². The van der Waals surface area contributed by atoms with Crippen molar-refractivity contribution in [3.05, 3.63) is 30.9 Å². The van der Waals surface area contributed by atoms with Crippen molar-refractivity contribution < 1.29 is 14.6 Å². The van der Waals surface area contributed by atoms with E-state index in [1.807, 2.05) is 25.5 Å². The van der Waals surface area contributed by atoms with E-state index < -0.39 is 6.09 Å². The Kier molecular flexibility index (Phi) is 4.19. The fraction of sp³-hybridized carbons (Fsp3) is 0.412. The molecule has 136 valence electrons.